The summed E-state index contributed by atoms with van der Waals surface area (Å²) < 4.78 is 0. The van der Waals surface area contributed by atoms with Crippen LogP contribution in [0.15, 0.2) is 0 Å². The molecule has 3 heterocycles. The average Bonchev–Trinajstić information content (AvgIpc) is 3.77. The summed E-state index contributed by atoms with van der Waals surface area (Å²) in [5, 5.41) is 43.9. The number of nitrogens with zero attached hydrogens (tertiary/aromatic N) is 8. The second-order valence-electron chi connectivity index (χ2n) is 21.6. The molecule has 0 aliphatic carbocycles. The predicted octanol–water partition coefficient (Wildman–Crippen LogP) is 10.7. The number of nitrogens with one attached hydrogen (secondary N) is 1. The Balaban J connectivity index is -0.000000596. The molecular formula is C45H83N9O. The number of rotatable bonds is 0. The fourth-order valence-corrected chi connectivity index (χ4v) is 6.22. The van der Waals surface area contributed by atoms with Gasteiger partial charge in [0, 0.05) is 55.0 Å². The third-order valence-electron chi connectivity index (χ3n) is 9.25. The SMILES string of the molecule is CC(C)(C)C(=O)NC#N.CC(C)(C)C1CCCN1C#N.CC(C)(C)C1CCCN1C#N.CC(C)(C)CC#N.CC(C)(C)CC#N.CC1CCCN1C(C)(C)C. The van der Waals surface area contributed by atoms with Gasteiger partial charge in [0.25, 0.3) is 0 Å². The molecule has 0 aromatic carbocycles. The van der Waals surface area contributed by atoms with Crippen molar-refractivity contribution in [2.45, 2.75) is 207 Å². The Hall–Kier alpha value is -3.52. The Morgan fingerprint density at radius 3 is 1.05 bits per heavy atom. The van der Waals surface area contributed by atoms with E-state index in [2.05, 4.69) is 146 Å². The summed E-state index contributed by atoms with van der Waals surface area (Å²) >= 11 is 0. The first-order chi connectivity index (χ1) is 24.7. The van der Waals surface area contributed by atoms with Crippen LogP contribution < -0.4 is 5.32 Å². The van der Waals surface area contributed by atoms with Crippen molar-refractivity contribution < 1.29 is 4.79 Å². The largest absolute Gasteiger partial charge is 0.307 e. The zero-order chi connectivity index (χ0) is 44.1. The molecule has 3 atom stereocenters. The molecule has 55 heavy (non-hydrogen) atoms. The van der Waals surface area contributed by atoms with E-state index in [1.54, 1.807) is 27.0 Å². The summed E-state index contributed by atoms with van der Waals surface area (Å²) in [6.07, 6.45) is 14.9. The monoisotopic (exact) mass is 766 g/mol. The number of nitriles is 5. The number of carbonyl (C=O) groups is 1. The number of carbonyl (C=O) groups excluding carboxylic acids is 1. The van der Waals surface area contributed by atoms with Gasteiger partial charge in [-0.15, -0.1) is 0 Å². The summed E-state index contributed by atoms with van der Waals surface area (Å²) in [5.74, 6) is -0.245. The quantitative estimate of drug-likeness (QED) is 0.187. The molecule has 0 aromatic rings. The van der Waals surface area contributed by atoms with Crippen LogP contribution in [0.1, 0.15) is 183 Å². The molecule has 3 unspecified atom stereocenters. The second kappa shape index (κ2) is 24.9. The lowest BCUT2D eigenvalue weighted by Crippen LogP contribution is -2.43. The Kier molecular flexibility index (Phi) is 25.2. The second-order valence-corrected chi connectivity index (χ2v) is 21.6. The number of hydrogen-bond donors (Lipinski definition) is 1. The van der Waals surface area contributed by atoms with Crippen LogP contribution in [0.3, 0.4) is 0 Å². The van der Waals surface area contributed by atoms with E-state index in [0.29, 0.717) is 30.5 Å². The Bertz CT molecular complexity index is 1230. The van der Waals surface area contributed by atoms with Crippen molar-refractivity contribution in [2.24, 2.45) is 27.1 Å². The summed E-state index contributed by atoms with van der Waals surface area (Å²) in [5.41, 5.74) is 0.813. The van der Waals surface area contributed by atoms with Gasteiger partial charge in [0.2, 0.25) is 5.91 Å². The van der Waals surface area contributed by atoms with Crippen LogP contribution in [0.2, 0.25) is 0 Å². The predicted molar refractivity (Wildman–Crippen MR) is 227 cm³/mol. The number of hydrogen-bond acceptors (Lipinski definition) is 9. The van der Waals surface area contributed by atoms with Crippen molar-refractivity contribution in [3.63, 3.8) is 0 Å². The van der Waals surface area contributed by atoms with Crippen molar-refractivity contribution in [2.75, 3.05) is 19.6 Å². The molecule has 3 saturated heterocycles. The van der Waals surface area contributed by atoms with Crippen molar-refractivity contribution >= 4 is 5.91 Å². The molecule has 314 valence electrons. The highest BCUT2D eigenvalue weighted by Gasteiger charge is 2.34. The molecule has 0 bridgehead atoms. The van der Waals surface area contributed by atoms with Gasteiger partial charge < -0.3 is 9.80 Å². The van der Waals surface area contributed by atoms with E-state index in [-0.39, 0.29) is 27.6 Å². The van der Waals surface area contributed by atoms with Gasteiger partial charge in [-0.2, -0.15) is 26.3 Å². The summed E-state index contributed by atoms with van der Waals surface area (Å²) in [6, 6.07) is 5.95. The highest BCUT2D eigenvalue weighted by Crippen LogP contribution is 2.33. The lowest BCUT2D eigenvalue weighted by molar-refractivity contribution is -0.127. The molecule has 3 fully saturated rings. The average molecular weight is 766 g/mol. The molecule has 10 heteroatoms. The maximum absolute atomic E-state index is 10.7. The Labute approximate surface area is 340 Å². The van der Waals surface area contributed by atoms with E-state index in [4.69, 9.17) is 26.3 Å². The highest BCUT2D eigenvalue weighted by molar-refractivity contribution is 5.82. The standard InChI is InChI=1S/2C9H16N2.C9H19N.C6H10N2O.2C6H11N/c2*1-9(2,3)8-5-4-6-11(8)7-10;1-8-6-5-7-10(8)9(2,3)4;1-6(2,3)5(9)8-4-7;2*1-6(2,3)4-5-7/h2*8H,4-6H2,1-3H3;8H,5-7H2,1-4H3;1-3H3,(H,8,9);2*4H2,1-3H3. The van der Waals surface area contributed by atoms with Crippen molar-refractivity contribution in [1.29, 1.82) is 26.3 Å². The maximum Gasteiger partial charge on any atom is 0.238 e. The van der Waals surface area contributed by atoms with Gasteiger partial charge in [0.15, 0.2) is 18.6 Å². The third kappa shape index (κ3) is 27.7. The fourth-order valence-electron chi connectivity index (χ4n) is 6.22. The number of amides is 1. The minimum Gasteiger partial charge on any atom is -0.307 e. The zero-order valence-corrected chi connectivity index (χ0v) is 39.0. The Morgan fingerprint density at radius 2 is 0.927 bits per heavy atom. The van der Waals surface area contributed by atoms with Gasteiger partial charge in [-0.3, -0.25) is 15.0 Å². The van der Waals surface area contributed by atoms with Crippen molar-refractivity contribution in [3.05, 3.63) is 0 Å². The van der Waals surface area contributed by atoms with Crippen molar-refractivity contribution in [3.8, 4) is 30.7 Å². The summed E-state index contributed by atoms with van der Waals surface area (Å²) in [6.45, 7) is 43.2. The maximum atomic E-state index is 10.7. The molecule has 3 aliphatic rings. The first kappa shape index (κ1) is 55.8. The van der Waals surface area contributed by atoms with Crippen LogP contribution in [-0.2, 0) is 4.79 Å². The van der Waals surface area contributed by atoms with Crippen LogP contribution in [0, 0.1) is 84.1 Å². The van der Waals surface area contributed by atoms with Crippen LogP contribution >= 0.6 is 0 Å². The fraction of sp³-hybridized carbons (Fsp3) is 0.867. The molecule has 0 spiro atoms. The van der Waals surface area contributed by atoms with E-state index in [0.717, 1.165) is 19.1 Å². The van der Waals surface area contributed by atoms with Crippen LogP contribution in [0.25, 0.3) is 0 Å². The van der Waals surface area contributed by atoms with Crippen LogP contribution in [-0.4, -0.2) is 63.9 Å². The van der Waals surface area contributed by atoms with Gasteiger partial charge >= 0.3 is 0 Å². The van der Waals surface area contributed by atoms with Gasteiger partial charge in [-0.05, 0) is 94.4 Å². The lowest BCUT2D eigenvalue weighted by atomic mass is 9.85. The van der Waals surface area contributed by atoms with E-state index >= 15 is 0 Å². The molecule has 1 amide bonds. The molecule has 3 aliphatic heterocycles. The molecule has 10 nitrogen and oxygen atoms in total. The minimum atomic E-state index is -0.463. The van der Waals surface area contributed by atoms with Gasteiger partial charge in [0.1, 0.15) is 0 Å². The zero-order valence-electron chi connectivity index (χ0n) is 39.0. The Morgan fingerprint density at radius 1 is 0.582 bits per heavy atom. The smallest absolute Gasteiger partial charge is 0.238 e. The normalized spacial score (nSPS) is 19.8. The third-order valence-corrected chi connectivity index (χ3v) is 9.25. The van der Waals surface area contributed by atoms with E-state index in [1.165, 1.54) is 45.1 Å². The van der Waals surface area contributed by atoms with E-state index in [9.17, 15) is 4.79 Å². The number of likely N-dealkylation sites (tertiary alicyclic amines) is 3. The first-order valence-corrected chi connectivity index (χ1v) is 20.3. The van der Waals surface area contributed by atoms with Crippen LogP contribution in [0.4, 0.5) is 0 Å². The molecule has 1 N–H and O–H groups in total. The lowest BCUT2D eigenvalue weighted by Gasteiger charge is -2.35. The topological polar surface area (TPSA) is 158 Å². The van der Waals surface area contributed by atoms with E-state index < -0.39 is 5.41 Å². The first-order valence-electron chi connectivity index (χ1n) is 20.3. The van der Waals surface area contributed by atoms with Gasteiger partial charge in [0.05, 0.1) is 12.1 Å². The molecular weight excluding hydrogens is 683 g/mol. The molecule has 0 radical (unpaired) electrons. The van der Waals surface area contributed by atoms with Gasteiger partial charge in [-0.1, -0.05) is 104 Å². The summed E-state index contributed by atoms with van der Waals surface area (Å²) in [4.78, 5) is 17.2. The van der Waals surface area contributed by atoms with E-state index in [1.807, 2.05) is 9.80 Å². The van der Waals surface area contributed by atoms with Gasteiger partial charge in [-0.25, -0.2) is 0 Å². The van der Waals surface area contributed by atoms with Crippen LogP contribution in [0.5, 0.6) is 0 Å². The summed E-state index contributed by atoms with van der Waals surface area (Å²) in [7, 11) is 0. The molecule has 3 rings (SSSR count). The molecule has 0 aromatic heterocycles. The minimum absolute atomic E-state index is 0.189. The molecule has 0 saturated carbocycles. The van der Waals surface area contributed by atoms with Crippen molar-refractivity contribution in [1.82, 2.24) is 20.0 Å². The highest BCUT2D eigenvalue weighted by atomic mass is 16.2.